The Kier molecular flexibility index (Phi) is 8.14. The zero-order valence-corrected chi connectivity index (χ0v) is 16.9. The molecule has 4 nitrogen and oxygen atoms in total. The maximum absolute atomic E-state index is 13.1. The number of piperidine rings is 1. The van der Waals surface area contributed by atoms with E-state index in [2.05, 4.69) is 24.4 Å². The highest BCUT2D eigenvalue weighted by molar-refractivity contribution is 5.97. The van der Waals surface area contributed by atoms with Crippen molar-refractivity contribution in [3.05, 3.63) is 65.2 Å². The van der Waals surface area contributed by atoms with Gasteiger partial charge in [0.15, 0.2) is 0 Å². The van der Waals surface area contributed by atoms with E-state index in [4.69, 9.17) is 4.74 Å². The van der Waals surface area contributed by atoms with E-state index in [9.17, 15) is 4.79 Å². The van der Waals surface area contributed by atoms with Gasteiger partial charge in [-0.25, -0.2) is 0 Å². The summed E-state index contributed by atoms with van der Waals surface area (Å²) >= 11 is 0. The summed E-state index contributed by atoms with van der Waals surface area (Å²) in [7, 11) is 1.97. The van der Waals surface area contributed by atoms with Crippen molar-refractivity contribution < 1.29 is 9.53 Å². The topological polar surface area (TPSA) is 41.6 Å². The van der Waals surface area contributed by atoms with Gasteiger partial charge in [-0.05, 0) is 62.5 Å². The maximum atomic E-state index is 13.1. The maximum Gasteiger partial charge on any atom is 0.257 e. The predicted molar refractivity (Wildman–Crippen MR) is 112 cm³/mol. The molecule has 1 saturated heterocycles. The van der Waals surface area contributed by atoms with Crippen LogP contribution in [0.1, 0.15) is 34.3 Å². The first-order valence-corrected chi connectivity index (χ1v) is 9.39. The normalized spacial score (nSPS) is 16.5. The number of nitrogens with zero attached hydrogens (tertiary/aromatic N) is 1. The minimum Gasteiger partial charge on any atom is -0.488 e. The van der Waals surface area contributed by atoms with Crippen LogP contribution in [0.15, 0.2) is 48.5 Å². The second-order valence-electron chi connectivity index (χ2n) is 7.03. The van der Waals surface area contributed by atoms with Crippen molar-refractivity contribution in [2.24, 2.45) is 5.92 Å². The van der Waals surface area contributed by atoms with Crippen LogP contribution in [-0.4, -0.2) is 37.5 Å². The smallest absolute Gasteiger partial charge is 0.257 e. The van der Waals surface area contributed by atoms with Crippen molar-refractivity contribution in [3.63, 3.8) is 0 Å². The van der Waals surface area contributed by atoms with E-state index in [0.29, 0.717) is 23.8 Å². The fourth-order valence-electron chi connectivity index (χ4n) is 3.57. The van der Waals surface area contributed by atoms with Gasteiger partial charge in [0.1, 0.15) is 12.4 Å². The Morgan fingerprint density at radius 2 is 1.93 bits per heavy atom. The number of likely N-dealkylation sites (tertiary alicyclic amines) is 1. The third-order valence-corrected chi connectivity index (χ3v) is 5.06. The number of para-hydroxylation sites is 1. The molecule has 1 heterocycles. The Bertz CT molecular complexity index is 749. The summed E-state index contributed by atoms with van der Waals surface area (Å²) in [5.74, 6) is 1.26. The quantitative estimate of drug-likeness (QED) is 0.811. The Hall–Kier alpha value is -2.04. The van der Waals surface area contributed by atoms with Gasteiger partial charge in [-0.1, -0.05) is 36.4 Å². The lowest BCUT2D eigenvalue weighted by atomic mass is 9.97. The van der Waals surface area contributed by atoms with Crippen LogP contribution in [0.25, 0.3) is 0 Å². The van der Waals surface area contributed by atoms with Crippen LogP contribution in [0, 0.1) is 12.8 Å². The minimum atomic E-state index is 0. The van der Waals surface area contributed by atoms with E-state index < -0.39 is 0 Å². The van der Waals surface area contributed by atoms with Crippen molar-refractivity contribution in [1.29, 1.82) is 0 Å². The van der Waals surface area contributed by atoms with Crippen LogP contribution in [0.3, 0.4) is 0 Å². The molecule has 2 aromatic rings. The molecule has 0 aromatic heterocycles. The van der Waals surface area contributed by atoms with E-state index in [-0.39, 0.29) is 18.3 Å². The molecular formula is C22H29ClN2O2. The lowest BCUT2D eigenvalue weighted by molar-refractivity contribution is 0.0669. The Labute approximate surface area is 168 Å². The van der Waals surface area contributed by atoms with E-state index in [1.807, 2.05) is 48.3 Å². The molecule has 5 heteroatoms. The average Bonchev–Trinajstić information content (AvgIpc) is 2.67. The minimum absolute atomic E-state index is 0. The Morgan fingerprint density at radius 1 is 1.19 bits per heavy atom. The van der Waals surface area contributed by atoms with Crippen LogP contribution in [0.4, 0.5) is 0 Å². The van der Waals surface area contributed by atoms with Gasteiger partial charge in [0.2, 0.25) is 0 Å². The van der Waals surface area contributed by atoms with Gasteiger partial charge in [-0.2, -0.15) is 0 Å². The largest absolute Gasteiger partial charge is 0.488 e. The highest BCUT2D eigenvalue weighted by Gasteiger charge is 2.25. The number of amides is 1. The molecule has 1 fully saturated rings. The number of ether oxygens (including phenoxy) is 1. The molecule has 1 unspecified atom stereocenters. The van der Waals surface area contributed by atoms with Gasteiger partial charge in [0.25, 0.3) is 5.91 Å². The van der Waals surface area contributed by atoms with E-state index in [0.717, 1.165) is 31.6 Å². The summed E-state index contributed by atoms with van der Waals surface area (Å²) < 4.78 is 6.03. The standard InChI is InChI=1S/C22H28N2O2.ClH/c1-17-8-3-4-10-19(17)16-26-21-12-6-5-11-20(21)22(25)24-13-7-9-18(15-24)14-23-2;/h3-6,8,10-12,18,23H,7,9,13-16H2,1-2H3;1H. The van der Waals surface area contributed by atoms with Crippen LogP contribution in [0.2, 0.25) is 0 Å². The predicted octanol–water partition coefficient (Wildman–Crippen LogP) is 4.07. The number of hydrogen-bond acceptors (Lipinski definition) is 3. The summed E-state index contributed by atoms with van der Waals surface area (Å²) in [5, 5.41) is 3.23. The molecule has 0 radical (unpaired) electrons. The first kappa shape index (κ1) is 21.3. The second-order valence-corrected chi connectivity index (χ2v) is 7.03. The third-order valence-electron chi connectivity index (χ3n) is 5.06. The second kappa shape index (κ2) is 10.3. The van der Waals surface area contributed by atoms with Crippen molar-refractivity contribution in [2.45, 2.75) is 26.4 Å². The van der Waals surface area contributed by atoms with Crippen LogP contribution < -0.4 is 10.1 Å². The molecule has 0 saturated carbocycles. The monoisotopic (exact) mass is 388 g/mol. The summed E-state index contributed by atoms with van der Waals surface area (Å²) in [5.41, 5.74) is 3.00. The lowest BCUT2D eigenvalue weighted by Crippen LogP contribution is -2.42. The molecule has 0 aliphatic carbocycles. The molecule has 1 aliphatic rings. The van der Waals surface area contributed by atoms with Crippen LogP contribution in [0.5, 0.6) is 5.75 Å². The average molecular weight is 389 g/mol. The molecule has 27 heavy (non-hydrogen) atoms. The number of aryl methyl sites for hydroxylation is 1. The van der Waals surface area contributed by atoms with Gasteiger partial charge in [0, 0.05) is 13.1 Å². The summed E-state index contributed by atoms with van der Waals surface area (Å²) in [6.45, 7) is 5.14. The highest BCUT2D eigenvalue weighted by Crippen LogP contribution is 2.24. The van der Waals surface area contributed by atoms with Crippen molar-refractivity contribution >= 4 is 18.3 Å². The highest BCUT2D eigenvalue weighted by atomic mass is 35.5. The molecule has 0 spiro atoms. The Balaban J connectivity index is 0.00000261. The molecule has 2 aromatic carbocycles. The van der Waals surface area contributed by atoms with E-state index >= 15 is 0 Å². The lowest BCUT2D eigenvalue weighted by Gasteiger charge is -2.33. The fraction of sp³-hybridized carbons (Fsp3) is 0.409. The first-order valence-electron chi connectivity index (χ1n) is 9.39. The summed E-state index contributed by atoms with van der Waals surface area (Å²) in [4.78, 5) is 15.0. The van der Waals surface area contributed by atoms with Crippen molar-refractivity contribution in [2.75, 3.05) is 26.7 Å². The molecule has 1 aliphatic heterocycles. The molecule has 1 N–H and O–H groups in total. The van der Waals surface area contributed by atoms with Gasteiger partial charge in [-0.3, -0.25) is 4.79 Å². The number of hydrogen-bond donors (Lipinski definition) is 1. The number of rotatable bonds is 6. The molecule has 1 amide bonds. The number of benzene rings is 2. The van der Waals surface area contributed by atoms with Crippen molar-refractivity contribution in [3.8, 4) is 5.75 Å². The fourth-order valence-corrected chi connectivity index (χ4v) is 3.57. The zero-order chi connectivity index (χ0) is 18.4. The molecule has 146 valence electrons. The van der Waals surface area contributed by atoms with Gasteiger partial charge in [0.05, 0.1) is 5.56 Å². The number of halogens is 1. The summed E-state index contributed by atoms with van der Waals surface area (Å²) in [6.07, 6.45) is 2.24. The van der Waals surface area contributed by atoms with Crippen molar-refractivity contribution in [1.82, 2.24) is 10.2 Å². The van der Waals surface area contributed by atoms with Gasteiger partial charge in [-0.15, -0.1) is 12.4 Å². The molecule has 0 bridgehead atoms. The van der Waals surface area contributed by atoms with Gasteiger partial charge < -0.3 is 15.0 Å². The number of carbonyl (C=O) groups excluding carboxylic acids is 1. The molecule has 1 atom stereocenters. The molecule has 3 rings (SSSR count). The van der Waals surface area contributed by atoms with Crippen LogP contribution >= 0.6 is 12.4 Å². The summed E-state index contributed by atoms with van der Waals surface area (Å²) in [6, 6.07) is 15.8. The first-order chi connectivity index (χ1) is 12.7. The Morgan fingerprint density at radius 3 is 2.70 bits per heavy atom. The van der Waals surface area contributed by atoms with E-state index in [1.165, 1.54) is 12.0 Å². The van der Waals surface area contributed by atoms with E-state index in [1.54, 1.807) is 0 Å². The SMILES string of the molecule is CNCC1CCCN(C(=O)c2ccccc2OCc2ccccc2C)C1.Cl. The third kappa shape index (κ3) is 5.47. The number of nitrogens with one attached hydrogen (secondary N) is 1. The van der Waals surface area contributed by atoms with Crippen LogP contribution in [-0.2, 0) is 6.61 Å². The van der Waals surface area contributed by atoms with Gasteiger partial charge >= 0.3 is 0 Å². The number of carbonyl (C=O) groups is 1. The zero-order valence-electron chi connectivity index (χ0n) is 16.1. The molecular weight excluding hydrogens is 360 g/mol.